The maximum absolute atomic E-state index is 13.4. The molecule has 31 heavy (non-hydrogen) atoms. The lowest BCUT2D eigenvalue weighted by Crippen LogP contribution is -2.31. The Morgan fingerprint density at radius 1 is 1.32 bits per heavy atom. The van der Waals surface area contributed by atoms with Gasteiger partial charge >= 0.3 is 0 Å². The lowest BCUT2D eigenvalue weighted by Gasteiger charge is -2.13. The van der Waals surface area contributed by atoms with Crippen LogP contribution in [0.2, 0.25) is 5.02 Å². The molecule has 1 aliphatic carbocycles. The van der Waals surface area contributed by atoms with Gasteiger partial charge < -0.3 is 20.7 Å². The summed E-state index contributed by atoms with van der Waals surface area (Å²) in [6.07, 6.45) is 8.53. The number of carbonyl (C=O) groups is 2. The molecule has 0 aliphatic heterocycles. The molecule has 8 heteroatoms. The summed E-state index contributed by atoms with van der Waals surface area (Å²) in [6.45, 7) is 7.86. The Morgan fingerprint density at radius 3 is 2.81 bits per heavy atom. The number of allylic oxidation sites excluding steroid dienone is 3. The highest BCUT2D eigenvalue weighted by Gasteiger charge is 2.11. The fourth-order valence-corrected chi connectivity index (χ4v) is 2.83. The molecule has 0 bridgehead atoms. The molecule has 0 heterocycles. The van der Waals surface area contributed by atoms with Gasteiger partial charge in [0.05, 0.1) is 5.02 Å². The Labute approximate surface area is 186 Å². The van der Waals surface area contributed by atoms with Crippen molar-refractivity contribution in [3.05, 3.63) is 76.9 Å². The smallest absolute Gasteiger partial charge is 0.262 e. The first-order valence-corrected chi connectivity index (χ1v) is 10.3. The normalized spacial score (nSPS) is 13.1. The average molecular weight is 448 g/mol. The van der Waals surface area contributed by atoms with E-state index in [0.29, 0.717) is 24.2 Å². The van der Waals surface area contributed by atoms with Crippen LogP contribution in [-0.4, -0.2) is 31.0 Å². The second kappa shape index (κ2) is 12.0. The van der Waals surface area contributed by atoms with Crippen LogP contribution in [0.3, 0.4) is 0 Å². The lowest BCUT2D eigenvalue weighted by atomic mass is 10.2. The number of amides is 2. The van der Waals surface area contributed by atoms with Crippen molar-refractivity contribution >= 4 is 23.4 Å². The van der Waals surface area contributed by atoms with Crippen LogP contribution in [-0.2, 0) is 9.59 Å². The van der Waals surface area contributed by atoms with Gasteiger partial charge in [-0.15, -0.1) is 0 Å². The Morgan fingerprint density at radius 2 is 2.10 bits per heavy atom. The van der Waals surface area contributed by atoms with Gasteiger partial charge in [-0.3, -0.25) is 9.59 Å². The predicted molar refractivity (Wildman–Crippen MR) is 120 cm³/mol. The standard InChI is InChI=1S/C23H27ClFN3O3/c1-15(2)27-18-7-5-4-6-17(12-18)23(30)26-11-10-16(3)28-22(29)14-31-19-8-9-20(24)21(25)13-19/h4-6,8-9,12-13,15,27H,3,7,10-11,14H2,1-2H3,(H,26,30)(H,28,29). The number of halogens is 2. The molecule has 0 saturated heterocycles. The zero-order valence-electron chi connectivity index (χ0n) is 17.6. The molecule has 2 amide bonds. The predicted octanol–water partition coefficient (Wildman–Crippen LogP) is 3.76. The summed E-state index contributed by atoms with van der Waals surface area (Å²) in [5, 5.41) is 8.71. The molecule has 0 fully saturated rings. The van der Waals surface area contributed by atoms with Crippen LogP contribution >= 0.6 is 11.6 Å². The molecule has 1 aromatic rings. The Balaban J connectivity index is 1.73. The van der Waals surface area contributed by atoms with Gasteiger partial charge in [0, 0.05) is 48.5 Å². The number of nitrogens with one attached hydrogen (secondary N) is 3. The molecule has 0 aromatic heterocycles. The monoisotopic (exact) mass is 447 g/mol. The van der Waals surface area contributed by atoms with Crippen molar-refractivity contribution in [2.24, 2.45) is 0 Å². The van der Waals surface area contributed by atoms with Crippen LogP contribution in [0.5, 0.6) is 5.75 Å². The van der Waals surface area contributed by atoms with Crippen LogP contribution in [0.25, 0.3) is 0 Å². The van der Waals surface area contributed by atoms with Crippen molar-refractivity contribution in [1.29, 1.82) is 0 Å². The molecule has 0 spiro atoms. The maximum Gasteiger partial charge on any atom is 0.262 e. The number of ether oxygens (including phenoxy) is 1. The number of hydrogen-bond acceptors (Lipinski definition) is 4. The third-order valence-corrected chi connectivity index (χ3v) is 4.41. The average Bonchev–Trinajstić information content (AvgIpc) is 2.94. The second-order valence-electron chi connectivity index (χ2n) is 7.25. The third kappa shape index (κ3) is 8.68. The number of carbonyl (C=O) groups excluding carboxylic acids is 2. The zero-order valence-corrected chi connectivity index (χ0v) is 18.4. The van der Waals surface area contributed by atoms with E-state index in [0.717, 1.165) is 18.2 Å². The highest BCUT2D eigenvalue weighted by Crippen LogP contribution is 2.20. The van der Waals surface area contributed by atoms with E-state index in [1.54, 1.807) is 6.08 Å². The van der Waals surface area contributed by atoms with Crippen molar-refractivity contribution < 1.29 is 18.7 Å². The summed E-state index contributed by atoms with van der Waals surface area (Å²) < 4.78 is 18.6. The first-order valence-electron chi connectivity index (χ1n) is 9.92. The van der Waals surface area contributed by atoms with Gasteiger partial charge in [-0.1, -0.05) is 30.3 Å². The van der Waals surface area contributed by atoms with Gasteiger partial charge in [0.15, 0.2) is 6.61 Å². The molecule has 0 saturated carbocycles. The van der Waals surface area contributed by atoms with E-state index in [4.69, 9.17) is 16.3 Å². The first-order chi connectivity index (χ1) is 14.7. The van der Waals surface area contributed by atoms with Crippen LogP contribution in [0.1, 0.15) is 26.7 Å². The number of rotatable bonds is 10. The second-order valence-corrected chi connectivity index (χ2v) is 7.65. The minimum absolute atomic E-state index is 0.0224. The van der Waals surface area contributed by atoms with E-state index in [1.165, 1.54) is 12.1 Å². The van der Waals surface area contributed by atoms with Gasteiger partial charge in [-0.05, 0) is 38.1 Å². The minimum atomic E-state index is -0.624. The van der Waals surface area contributed by atoms with Gasteiger partial charge in [0.25, 0.3) is 11.8 Å². The summed E-state index contributed by atoms with van der Waals surface area (Å²) in [4.78, 5) is 24.4. The SMILES string of the molecule is C=C(CCNC(=O)C1=CC=CCC(NC(C)C)=C1)NC(=O)COc1ccc(Cl)c(F)c1. The van der Waals surface area contributed by atoms with Crippen molar-refractivity contribution in [3.63, 3.8) is 0 Å². The van der Waals surface area contributed by atoms with Crippen LogP contribution < -0.4 is 20.7 Å². The van der Waals surface area contributed by atoms with Crippen molar-refractivity contribution in [3.8, 4) is 5.75 Å². The summed E-state index contributed by atoms with van der Waals surface area (Å²) >= 11 is 5.60. The van der Waals surface area contributed by atoms with E-state index < -0.39 is 11.7 Å². The lowest BCUT2D eigenvalue weighted by molar-refractivity contribution is -0.122. The quantitative estimate of drug-likeness (QED) is 0.510. The van der Waals surface area contributed by atoms with E-state index in [9.17, 15) is 14.0 Å². The van der Waals surface area contributed by atoms with Crippen LogP contribution in [0.15, 0.2) is 66.0 Å². The van der Waals surface area contributed by atoms with E-state index in [2.05, 4.69) is 22.5 Å². The molecule has 6 nitrogen and oxygen atoms in total. The largest absolute Gasteiger partial charge is 0.484 e. The molecule has 1 aliphatic rings. The summed E-state index contributed by atoms with van der Waals surface area (Å²) in [6, 6.07) is 4.20. The Kier molecular flexibility index (Phi) is 9.34. The summed E-state index contributed by atoms with van der Waals surface area (Å²) in [5.41, 5.74) is 1.96. The van der Waals surface area contributed by atoms with Gasteiger partial charge in [-0.25, -0.2) is 4.39 Å². The zero-order chi connectivity index (χ0) is 22.8. The van der Waals surface area contributed by atoms with Crippen LogP contribution in [0.4, 0.5) is 4.39 Å². The highest BCUT2D eigenvalue weighted by molar-refractivity contribution is 6.30. The van der Waals surface area contributed by atoms with Gasteiger partial charge in [-0.2, -0.15) is 0 Å². The van der Waals surface area contributed by atoms with Gasteiger partial charge in [0.1, 0.15) is 11.6 Å². The molecule has 0 unspecified atom stereocenters. The third-order valence-electron chi connectivity index (χ3n) is 4.11. The fraction of sp³-hybridized carbons (Fsp3) is 0.304. The Bertz CT molecular complexity index is 923. The molecule has 166 valence electrons. The van der Waals surface area contributed by atoms with Crippen LogP contribution in [0, 0.1) is 5.82 Å². The van der Waals surface area contributed by atoms with E-state index >= 15 is 0 Å². The Hall–Kier alpha value is -3.06. The molecular formula is C23H27ClFN3O3. The molecule has 3 N–H and O–H groups in total. The van der Waals surface area contributed by atoms with Crippen molar-refractivity contribution in [2.75, 3.05) is 13.2 Å². The van der Waals surface area contributed by atoms with E-state index in [1.807, 2.05) is 32.1 Å². The molecule has 2 rings (SSSR count). The molecule has 0 atom stereocenters. The van der Waals surface area contributed by atoms with E-state index in [-0.39, 0.29) is 29.3 Å². The van der Waals surface area contributed by atoms with Gasteiger partial charge in [0.2, 0.25) is 0 Å². The highest BCUT2D eigenvalue weighted by atomic mass is 35.5. The van der Waals surface area contributed by atoms with Crippen molar-refractivity contribution in [2.45, 2.75) is 32.7 Å². The topological polar surface area (TPSA) is 79.5 Å². The maximum atomic E-state index is 13.4. The molecule has 0 radical (unpaired) electrons. The minimum Gasteiger partial charge on any atom is -0.484 e. The van der Waals surface area contributed by atoms with Crippen molar-refractivity contribution in [1.82, 2.24) is 16.0 Å². The molecule has 1 aromatic carbocycles. The summed E-state index contributed by atoms with van der Waals surface area (Å²) in [5.74, 6) is -1.07. The number of hydrogen-bond donors (Lipinski definition) is 3. The summed E-state index contributed by atoms with van der Waals surface area (Å²) in [7, 11) is 0. The number of benzene rings is 1. The molecular weight excluding hydrogens is 421 g/mol. The first kappa shape index (κ1) is 24.2. The fourth-order valence-electron chi connectivity index (χ4n) is 2.71.